The standard InChI is InChI=1S/C10H18N6/c1-15-2-4-16(5-3-15)7-8-6-13-10(12)14-9(8)11/h6H,2-5,7H2,1H3,(H4,11,12,13,14). The van der Waals surface area contributed by atoms with Crippen LogP contribution >= 0.6 is 0 Å². The molecule has 0 atom stereocenters. The Kier molecular flexibility index (Phi) is 3.21. The van der Waals surface area contributed by atoms with Crippen molar-refractivity contribution in [2.24, 2.45) is 0 Å². The van der Waals surface area contributed by atoms with E-state index in [1.165, 1.54) is 0 Å². The van der Waals surface area contributed by atoms with E-state index in [2.05, 4.69) is 26.8 Å². The van der Waals surface area contributed by atoms with Gasteiger partial charge in [0.15, 0.2) is 0 Å². The molecule has 0 aliphatic carbocycles. The van der Waals surface area contributed by atoms with E-state index in [9.17, 15) is 0 Å². The Labute approximate surface area is 95.3 Å². The van der Waals surface area contributed by atoms with E-state index in [0.29, 0.717) is 5.82 Å². The monoisotopic (exact) mass is 222 g/mol. The number of hydrogen-bond donors (Lipinski definition) is 2. The normalized spacial score (nSPS) is 18.8. The molecule has 88 valence electrons. The van der Waals surface area contributed by atoms with Crippen molar-refractivity contribution in [3.8, 4) is 0 Å². The Balaban J connectivity index is 1.98. The molecule has 6 nitrogen and oxygen atoms in total. The van der Waals surface area contributed by atoms with E-state index >= 15 is 0 Å². The number of hydrogen-bond acceptors (Lipinski definition) is 6. The molecule has 16 heavy (non-hydrogen) atoms. The lowest BCUT2D eigenvalue weighted by atomic mass is 10.2. The minimum absolute atomic E-state index is 0.236. The van der Waals surface area contributed by atoms with Crippen LogP contribution in [0.15, 0.2) is 6.20 Å². The Morgan fingerprint density at radius 1 is 1.25 bits per heavy atom. The molecule has 1 aliphatic heterocycles. The maximum atomic E-state index is 5.80. The van der Waals surface area contributed by atoms with Crippen molar-refractivity contribution >= 4 is 11.8 Å². The van der Waals surface area contributed by atoms with Crippen LogP contribution in [0, 0.1) is 0 Å². The summed E-state index contributed by atoms with van der Waals surface area (Å²) in [7, 11) is 2.14. The van der Waals surface area contributed by atoms with Crippen molar-refractivity contribution in [1.29, 1.82) is 0 Å². The van der Waals surface area contributed by atoms with Gasteiger partial charge >= 0.3 is 0 Å². The molecule has 0 spiro atoms. The fraction of sp³-hybridized carbons (Fsp3) is 0.600. The Bertz CT molecular complexity index is 358. The molecule has 4 N–H and O–H groups in total. The van der Waals surface area contributed by atoms with Gasteiger partial charge in [0.1, 0.15) is 5.82 Å². The van der Waals surface area contributed by atoms with Crippen LogP contribution in [0.2, 0.25) is 0 Å². The second kappa shape index (κ2) is 4.63. The molecular formula is C10H18N6. The van der Waals surface area contributed by atoms with Crippen LogP contribution in [-0.2, 0) is 6.54 Å². The number of nitrogens with zero attached hydrogens (tertiary/aromatic N) is 4. The van der Waals surface area contributed by atoms with Crippen molar-refractivity contribution in [3.05, 3.63) is 11.8 Å². The highest BCUT2D eigenvalue weighted by atomic mass is 15.2. The van der Waals surface area contributed by atoms with Gasteiger partial charge in [-0.15, -0.1) is 0 Å². The number of rotatable bonds is 2. The summed E-state index contributed by atoms with van der Waals surface area (Å²) in [6.45, 7) is 5.10. The number of nitrogens with two attached hydrogens (primary N) is 2. The highest BCUT2D eigenvalue weighted by Crippen LogP contribution is 2.12. The van der Waals surface area contributed by atoms with Crippen LogP contribution in [0.1, 0.15) is 5.56 Å². The minimum Gasteiger partial charge on any atom is -0.383 e. The minimum atomic E-state index is 0.236. The van der Waals surface area contributed by atoms with Gasteiger partial charge in [0.25, 0.3) is 0 Å². The lowest BCUT2D eigenvalue weighted by Gasteiger charge is -2.32. The Morgan fingerprint density at radius 2 is 1.94 bits per heavy atom. The molecule has 0 aromatic carbocycles. The summed E-state index contributed by atoms with van der Waals surface area (Å²) in [5.74, 6) is 0.728. The van der Waals surface area contributed by atoms with Gasteiger partial charge in [-0.2, -0.15) is 4.98 Å². The average molecular weight is 222 g/mol. The molecule has 2 rings (SSSR count). The van der Waals surface area contributed by atoms with Gasteiger partial charge < -0.3 is 16.4 Å². The quantitative estimate of drug-likeness (QED) is 0.694. The number of nitrogen functional groups attached to an aromatic ring is 2. The topological polar surface area (TPSA) is 84.3 Å². The van der Waals surface area contributed by atoms with Crippen molar-refractivity contribution < 1.29 is 0 Å². The van der Waals surface area contributed by atoms with Gasteiger partial charge in [-0.3, -0.25) is 4.90 Å². The van der Waals surface area contributed by atoms with E-state index in [0.717, 1.165) is 38.3 Å². The molecule has 1 aromatic heterocycles. The van der Waals surface area contributed by atoms with E-state index in [-0.39, 0.29) is 5.95 Å². The number of anilines is 2. The summed E-state index contributed by atoms with van der Waals surface area (Å²) in [4.78, 5) is 12.6. The summed E-state index contributed by atoms with van der Waals surface area (Å²) >= 11 is 0. The van der Waals surface area contributed by atoms with E-state index in [4.69, 9.17) is 11.5 Å². The van der Waals surface area contributed by atoms with Gasteiger partial charge in [0, 0.05) is 44.5 Å². The fourth-order valence-corrected chi connectivity index (χ4v) is 1.80. The van der Waals surface area contributed by atoms with Gasteiger partial charge in [-0.05, 0) is 7.05 Å². The third-order valence-corrected chi connectivity index (χ3v) is 2.91. The zero-order valence-corrected chi connectivity index (χ0v) is 9.56. The zero-order valence-electron chi connectivity index (χ0n) is 9.56. The van der Waals surface area contributed by atoms with Gasteiger partial charge in [-0.25, -0.2) is 4.98 Å². The third-order valence-electron chi connectivity index (χ3n) is 2.91. The van der Waals surface area contributed by atoms with Crippen LogP contribution in [0.3, 0.4) is 0 Å². The summed E-state index contributed by atoms with van der Waals surface area (Å²) in [6.07, 6.45) is 1.72. The molecule has 0 unspecified atom stereocenters. The summed E-state index contributed by atoms with van der Waals surface area (Å²) in [5.41, 5.74) is 12.2. The first-order valence-electron chi connectivity index (χ1n) is 5.43. The molecule has 1 aliphatic rings. The maximum Gasteiger partial charge on any atom is 0.221 e. The van der Waals surface area contributed by atoms with E-state index in [1.807, 2.05) is 0 Å². The predicted octanol–water partition coefficient (Wildman–Crippen LogP) is -0.612. The van der Waals surface area contributed by atoms with Crippen LogP contribution in [-0.4, -0.2) is 53.0 Å². The Hall–Kier alpha value is -1.40. The van der Waals surface area contributed by atoms with Crippen molar-refractivity contribution in [2.45, 2.75) is 6.54 Å². The first kappa shape index (κ1) is 11.1. The summed E-state index contributed by atoms with van der Waals surface area (Å²) in [6, 6.07) is 0. The molecule has 6 heteroatoms. The van der Waals surface area contributed by atoms with Crippen molar-refractivity contribution in [1.82, 2.24) is 19.8 Å². The molecule has 1 saturated heterocycles. The van der Waals surface area contributed by atoms with Crippen LogP contribution in [0.4, 0.5) is 11.8 Å². The first-order chi connectivity index (χ1) is 7.65. The maximum absolute atomic E-state index is 5.80. The van der Waals surface area contributed by atoms with E-state index in [1.54, 1.807) is 6.20 Å². The van der Waals surface area contributed by atoms with Gasteiger partial charge in [-0.1, -0.05) is 0 Å². The largest absolute Gasteiger partial charge is 0.383 e. The zero-order chi connectivity index (χ0) is 11.5. The van der Waals surface area contributed by atoms with Gasteiger partial charge in [0.2, 0.25) is 5.95 Å². The number of aromatic nitrogens is 2. The highest BCUT2D eigenvalue weighted by Gasteiger charge is 2.15. The molecule has 0 amide bonds. The highest BCUT2D eigenvalue weighted by molar-refractivity contribution is 5.41. The SMILES string of the molecule is CN1CCN(Cc2cnc(N)nc2N)CC1. The van der Waals surface area contributed by atoms with E-state index < -0.39 is 0 Å². The van der Waals surface area contributed by atoms with Crippen molar-refractivity contribution in [3.63, 3.8) is 0 Å². The van der Waals surface area contributed by atoms with Crippen LogP contribution < -0.4 is 11.5 Å². The average Bonchev–Trinajstić information content (AvgIpc) is 2.25. The third kappa shape index (κ3) is 2.59. The smallest absolute Gasteiger partial charge is 0.221 e. The number of piperazine rings is 1. The first-order valence-corrected chi connectivity index (χ1v) is 5.43. The molecular weight excluding hydrogens is 204 g/mol. The fourth-order valence-electron chi connectivity index (χ4n) is 1.80. The molecule has 0 bridgehead atoms. The number of likely N-dealkylation sites (N-methyl/N-ethyl adjacent to an activating group) is 1. The van der Waals surface area contributed by atoms with Crippen LogP contribution in [0.5, 0.6) is 0 Å². The summed E-state index contributed by atoms with van der Waals surface area (Å²) < 4.78 is 0. The van der Waals surface area contributed by atoms with Gasteiger partial charge in [0.05, 0.1) is 0 Å². The Morgan fingerprint density at radius 3 is 2.56 bits per heavy atom. The molecule has 1 fully saturated rings. The molecule has 0 radical (unpaired) electrons. The van der Waals surface area contributed by atoms with Crippen LogP contribution in [0.25, 0.3) is 0 Å². The summed E-state index contributed by atoms with van der Waals surface area (Å²) in [5, 5.41) is 0. The molecule has 0 saturated carbocycles. The molecule has 1 aromatic rings. The second-order valence-electron chi connectivity index (χ2n) is 4.22. The second-order valence-corrected chi connectivity index (χ2v) is 4.22. The lowest BCUT2D eigenvalue weighted by Crippen LogP contribution is -2.44. The van der Waals surface area contributed by atoms with Crippen molar-refractivity contribution in [2.75, 3.05) is 44.7 Å². The lowest BCUT2D eigenvalue weighted by molar-refractivity contribution is 0.148. The predicted molar refractivity (Wildman–Crippen MR) is 63.6 cm³/mol. The molecule has 2 heterocycles.